The first-order valence-corrected chi connectivity index (χ1v) is 6.47. The Balaban J connectivity index is 2.31. The summed E-state index contributed by atoms with van der Waals surface area (Å²) in [6.07, 6.45) is 2.87. The van der Waals surface area contributed by atoms with Gasteiger partial charge in [0.15, 0.2) is 0 Å². The Morgan fingerprint density at radius 3 is 2.94 bits per heavy atom. The third-order valence-electron chi connectivity index (χ3n) is 2.75. The Hall–Kier alpha value is -1.39. The van der Waals surface area contributed by atoms with Crippen molar-refractivity contribution in [3.05, 3.63) is 40.7 Å². The summed E-state index contributed by atoms with van der Waals surface area (Å²) < 4.78 is 1.81. The summed E-state index contributed by atoms with van der Waals surface area (Å²) in [5, 5.41) is 12.1. The van der Waals surface area contributed by atoms with Crippen molar-refractivity contribution in [3.63, 3.8) is 0 Å². The summed E-state index contributed by atoms with van der Waals surface area (Å²) in [6, 6.07) is 5.83. The third-order valence-corrected chi connectivity index (χ3v) is 3.06. The van der Waals surface area contributed by atoms with E-state index in [1.165, 1.54) is 0 Å². The van der Waals surface area contributed by atoms with Gasteiger partial charge in [0.05, 0.1) is 22.6 Å². The number of nitrogens with zero attached hydrogens (tertiary/aromatic N) is 3. The highest BCUT2D eigenvalue weighted by Gasteiger charge is 2.11. The van der Waals surface area contributed by atoms with Crippen LogP contribution in [-0.2, 0) is 6.54 Å². The summed E-state index contributed by atoms with van der Waals surface area (Å²) in [5.74, 6) is 0. The first-order valence-electron chi connectivity index (χ1n) is 6.09. The second kappa shape index (κ2) is 5.98. The van der Waals surface area contributed by atoms with Gasteiger partial charge in [-0.25, -0.2) is 4.68 Å². The van der Waals surface area contributed by atoms with Crippen molar-refractivity contribution in [2.75, 3.05) is 6.54 Å². The second-order valence-corrected chi connectivity index (χ2v) is 4.63. The molecule has 0 atom stereocenters. The zero-order valence-electron chi connectivity index (χ0n) is 10.7. The van der Waals surface area contributed by atoms with Gasteiger partial charge in [-0.1, -0.05) is 35.9 Å². The Morgan fingerprint density at radius 1 is 1.39 bits per heavy atom. The maximum atomic E-state index is 6.25. The molecule has 4 nitrogen and oxygen atoms in total. The van der Waals surface area contributed by atoms with Crippen LogP contribution in [0.25, 0.3) is 5.69 Å². The van der Waals surface area contributed by atoms with E-state index in [0.29, 0.717) is 5.02 Å². The largest absolute Gasteiger partial charge is 0.311 e. The Bertz CT molecular complexity index is 501. The van der Waals surface area contributed by atoms with Crippen molar-refractivity contribution in [3.8, 4) is 5.69 Å². The zero-order chi connectivity index (χ0) is 13.0. The van der Waals surface area contributed by atoms with E-state index in [1.54, 1.807) is 10.9 Å². The molecule has 0 bridgehead atoms. The molecular formula is C13H17ClN4. The van der Waals surface area contributed by atoms with Crippen LogP contribution < -0.4 is 5.32 Å². The van der Waals surface area contributed by atoms with Gasteiger partial charge in [0.2, 0.25) is 0 Å². The lowest BCUT2D eigenvalue weighted by atomic mass is 10.2. The van der Waals surface area contributed by atoms with Crippen molar-refractivity contribution in [2.45, 2.75) is 26.8 Å². The lowest BCUT2D eigenvalue weighted by Gasteiger charge is -2.11. The number of nitrogens with one attached hydrogen (secondary N) is 1. The molecule has 96 valence electrons. The summed E-state index contributed by atoms with van der Waals surface area (Å²) in [5.41, 5.74) is 3.01. The molecule has 0 saturated heterocycles. The Kier molecular flexibility index (Phi) is 4.33. The average Bonchev–Trinajstić information content (AvgIpc) is 2.78. The molecule has 0 fully saturated rings. The van der Waals surface area contributed by atoms with Crippen LogP contribution >= 0.6 is 11.6 Å². The lowest BCUT2D eigenvalue weighted by Crippen LogP contribution is -2.17. The Labute approximate surface area is 112 Å². The number of benzene rings is 1. The van der Waals surface area contributed by atoms with Gasteiger partial charge in [0.25, 0.3) is 0 Å². The van der Waals surface area contributed by atoms with E-state index in [0.717, 1.165) is 36.5 Å². The molecule has 2 aromatic rings. The van der Waals surface area contributed by atoms with Crippen LogP contribution in [0.5, 0.6) is 0 Å². The second-order valence-electron chi connectivity index (χ2n) is 4.22. The number of halogens is 1. The summed E-state index contributed by atoms with van der Waals surface area (Å²) in [6.45, 7) is 5.88. The van der Waals surface area contributed by atoms with Crippen molar-refractivity contribution in [1.29, 1.82) is 0 Å². The first kappa shape index (κ1) is 13.1. The number of para-hydroxylation sites is 1. The highest BCUT2D eigenvalue weighted by atomic mass is 35.5. The quantitative estimate of drug-likeness (QED) is 0.845. The number of hydrogen-bond acceptors (Lipinski definition) is 3. The fourth-order valence-electron chi connectivity index (χ4n) is 1.85. The summed E-state index contributed by atoms with van der Waals surface area (Å²) in [4.78, 5) is 0. The summed E-state index contributed by atoms with van der Waals surface area (Å²) in [7, 11) is 0. The molecule has 0 saturated carbocycles. The van der Waals surface area contributed by atoms with E-state index in [2.05, 4.69) is 22.6 Å². The number of aryl methyl sites for hydroxylation is 1. The van der Waals surface area contributed by atoms with Crippen LogP contribution in [0.2, 0.25) is 5.02 Å². The van der Waals surface area contributed by atoms with Gasteiger partial charge in [-0.05, 0) is 31.5 Å². The highest BCUT2D eigenvalue weighted by molar-refractivity contribution is 6.32. The fourth-order valence-corrected chi connectivity index (χ4v) is 2.15. The predicted molar refractivity (Wildman–Crippen MR) is 73.1 cm³/mol. The molecule has 0 radical (unpaired) electrons. The monoisotopic (exact) mass is 264 g/mol. The van der Waals surface area contributed by atoms with E-state index < -0.39 is 0 Å². The van der Waals surface area contributed by atoms with Crippen molar-refractivity contribution < 1.29 is 0 Å². The van der Waals surface area contributed by atoms with Crippen LogP contribution in [0.15, 0.2) is 24.4 Å². The fraction of sp³-hybridized carbons (Fsp3) is 0.385. The minimum absolute atomic E-state index is 0.692. The minimum atomic E-state index is 0.692. The van der Waals surface area contributed by atoms with Crippen LogP contribution in [0, 0.1) is 6.92 Å². The molecule has 1 heterocycles. The smallest absolute Gasteiger partial charge is 0.0882 e. The van der Waals surface area contributed by atoms with Crippen molar-refractivity contribution in [2.24, 2.45) is 0 Å². The standard InChI is InChI=1S/C13H17ClN4/c1-3-7-15-8-11-9-16-17-18(11)13-10(2)5-4-6-12(13)14/h4-6,9,15H,3,7-8H2,1-2H3. The molecule has 0 unspecified atom stereocenters. The molecule has 2 rings (SSSR count). The van der Waals surface area contributed by atoms with Crippen molar-refractivity contribution >= 4 is 11.6 Å². The van der Waals surface area contributed by atoms with Crippen LogP contribution in [0.1, 0.15) is 24.6 Å². The van der Waals surface area contributed by atoms with Gasteiger partial charge in [0.1, 0.15) is 0 Å². The van der Waals surface area contributed by atoms with Gasteiger partial charge >= 0.3 is 0 Å². The van der Waals surface area contributed by atoms with E-state index in [4.69, 9.17) is 11.6 Å². The number of hydrogen-bond donors (Lipinski definition) is 1. The maximum Gasteiger partial charge on any atom is 0.0882 e. The molecule has 0 aliphatic rings. The maximum absolute atomic E-state index is 6.25. The highest BCUT2D eigenvalue weighted by Crippen LogP contribution is 2.24. The van der Waals surface area contributed by atoms with Gasteiger partial charge in [-0.15, -0.1) is 5.10 Å². The lowest BCUT2D eigenvalue weighted by molar-refractivity contribution is 0.640. The van der Waals surface area contributed by atoms with Crippen molar-refractivity contribution in [1.82, 2.24) is 20.3 Å². The van der Waals surface area contributed by atoms with Crippen LogP contribution in [0.4, 0.5) is 0 Å². The minimum Gasteiger partial charge on any atom is -0.311 e. The Morgan fingerprint density at radius 2 is 2.22 bits per heavy atom. The summed E-state index contributed by atoms with van der Waals surface area (Å²) >= 11 is 6.25. The molecule has 0 amide bonds. The SMILES string of the molecule is CCCNCc1cnnn1-c1c(C)cccc1Cl. The van der Waals surface area contributed by atoms with E-state index >= 15 is 0 Å². The topological polar surface area (TPSA) is 42.7 Å². The molecule has 0 spiro atoms. The molecule has 0 aliphatic carbocycles. The predicted octanol–water partition coefficient (Wildman–Crippen LogP) is 2.73. The van der Waals surface area contributed by atoms with Gasteiger partial charge in [-0.2, -0.15) is 0 Å². The van der Waals surface area contributed by atoms with Gasteiger partial charge in [-0.3, -0.25) is 0 Å². The molecule has 1 aromatic carbocycles. The van der Waals surface area contributed by atoms with E-state index in [9.17, 15) is 0 Å². The van der Waals surface area contributed by atoms with Gasteiger partial charge in [0, 0.05) is 6.54 Å². The van der Waals surface area contributed by atoms with Gasteiger partial charge < -0.3 is 5.32 Å². The molecule has 1 N–H and O–H groups in total. The first-order chi connectivity index (χ1) is 8.74. The number of rotatable bonds is 5. The third kappa shape index (κ3) is 2.71. The normalized spacial score (nSPS) is 10.8. The van der Waals surface area contributed by atoms with Crippen LogP contribution in [0.3, 0.4) is 0 Å². The van der Waals surface area contributed by atoms with E-state index in [1.807, 2.05) is 25.1 Å². The average molecular weight is 265 g/mol. The molecule has 1 aromatic heterocycles. The number of aromatic nitrogens is 3. The molecule has 0 aliphatic heterocycles. The molecule has 5 heteroatoms. The van der Waals surface area contributed by atoms with Crippen LogP contribution in [-0.4, -0.2) is 21.5 Å². The molecule has 18 heavy (non-hydrogen) atoms. The molecular weight excluding hydrogens is 248 g/mol. The zero-order valence-corrected chi connectivity index (χ0v) is 11.4. The van der Waals surface area contributed by atoms with E-state index in [-0.39, 0.29) is 0 Å².